The first-order chi connectivity index (χ1) is 16.6. The minimum absolute atomic E-state index is 0.190. The van der Waals surface area contributed by atoms with Crippen LogP contribution in [0.4, 0.5) is 5.69 Å². The molecule has 168 valence electrons. The Hall–Kier alpha value is -4.01. The molecule has 0 atom stereocenters. The van der Waals surface area contributed by atoms with Crippen LogP contribution in [0.25, 0.3) is 16.3 Å². The monoisotopic (exact) mass is 487 g/mol. The van der Waals surface area contributed by atoms with Gasteiger partial charge >= 0.3 is 0 Å². The van der Waals surface area contributed by atoms with Gasteiger partial charge < -0.3 is 9.88 Å². The molecule has 0 aliphatic carbocycles. The lowest BCUT2D eigenvalue weighted by molar-refractivity contribution is 0.102. The molecular weight excluding hydrogens is 470 g/mol. The van der Waals surface area contributed by atoms with Gasteiger partial charge in [-0.25, -0.2) is 9.67 Å². The van der Waals surface area contributed by atoms with Crippen molar-refractivity contribution in [3.63, 3.8) is 0 Å². The summed E-state index contributed by atoms with van der Waals surface area (Å²) in [4.78, 5) is 29.6. The topological polar surface area (TPSA) is 81.8 Å². The second-order valence-corrected chi connectivity index (χ2v) is 8.74. The van der Waals surface area contributed by atoms with Crippen LogP contribution in [0.3, 0.4) is 0 Å². The second-order valence-electron chi connectivity index (χ2n) is 7.48. The first kappa shape index (κ1) is 21.8. The van der Waals surface area contributed by atoms with Gasteiger partial charge in [0.1, 0.15) is 10.7 Å². The van der Waals surface area contributed by atoms with Gasteiger partial charge in [0.25, 0.3) is 11.5 Å². The van der Waals surface area contributed by atoms with Crippen molar-refractivity contribution >= 4 is 34.5 Å². The molecule has 2 aromatic carbocycles. The van der Waals surface area contributed by atoms with Gasteiger partial charge in [-0.15, -0.1) is 11.3 Å². The zero-order chi connectivity index (χ0) is 23.5. The minimum Gasteiger partial charge on any atom is -0.319 e. The normalized spacial score (nSPS) is 10.9. The Labute approximate surface area is 203 Å². The standard InChI is InChI=1S/C25H18ClN5O2S/c26-21-9-5-4-6-17(21)13-30-15-19(10-11-23(30)32)28-24(33)22-16-34-25(29-22)18-12-27-31(14-18)20-7-2-1-3-8-20/h1-12,14-16H,13H2,(H,28,33). The number of anilines is 1. The number of rotatable bonds is 6. The maximum Gasteiger partial charge on any atom is 0.275 e. The molecule has 3 aromatic heterocycles. The Morgan fingerprint density at radius 1 is 1.00 bits per heavy atom. The summed E-state index contributed by atoms with van der Waals surface area (Å²) in [6.07, 6.45) is 5.19. The van der Waals surface area contributed by atoms with Gasteiger partial charge in [-0.1, -0.05) is 48.0 Å². The van der Waals surface area contributed by atoms with E-state index in [1.807, 2.05) is 54.7 Å². The Bertz CT molecular complexity index is 1520. The molecule has 0 aliphatic heterocycles. The Kier molecular flexibility index (Phi) is 6.07. The van der Waals surface area contributed by atoms with Crippen LogP contribution in [-0.4, -0.2) is 25.2 Å². The molecule has 9 heteroatoms. The van der Waals surface area contributed by atoms with Crippen molar-refractivity contribution in [2.45, 2.75) is 6.54 Å². The highest BCUT2D eigenvalue weighted by Gasteiger charge is 2.14. The van der Waals surface area contributed by atoms with Crippen molar-refractivity contribution in [3.8, 4) is 16.3 Å². The Morgan fingerprint density at radius 3 is 2.62 bits per heavy atom. The van der Waals surface area contributed by atoms with E-state index in [4.69, 9.17) is 11.6 Å². The lowest BCUT2D eigenvalue weighted by Gasteiger charge is -2.10. The molecule has 0 saturated heterocycles. The van der Waals surface area contributed by atoms with E-state index >= 15 is 0 Å². The molecule has 0 bridgehead atoms. The summed E-state index contributed by atoms with van der Waals surface area (Å²) in [5, 5.41) is 10.2. The maximum atomic E-state index is 12.8. The van der Waals surface area contributed by atoms with Crippen molar-refractivity contribution < 1.29 is 4.79 Å². The molecule has 34 heavy (non-hydrogen) atoms. The van der Waals surface area contributed by atoms with Crippen LogP contribution < -0.4 is 10.9 Å². The first-order valence-corrected chi connectivity index (χ1v) is 11.6. The zero-order valence-electron chi connectivity index (χ0n) is 17.8. The van der Waals surface area contributed by atoms with E-state index in [9.17, 15) is 9.59 Å². The molecule has 0 spiro atoms. The van der Waals surface area contributed by atoms with Crippen LogP contribution in [0, 0.1) is 0 Å². The molecular formula is C25H18ClN5O2S. The SMILES string of the molecule is O=C(Nc1ccc(=O)n(Cc2ccccc2Cl)c1)c1csc(-c2cnn(-c3ccccc3)c2)n1. The van der Waals surface area contributed by atoms with Crippen molar-refractivity contribution in [2.75, 3.05) is 5.32 Å². The second kappa shape index (κ2) is 9.46. The van der Waals surface area contributed by atoms with Gasteiger partial charge in [0.15, 0.2) is 0 Å². The summed E-state index contributed by atoms with van der Waals surface area (Å²) in [6.45, 7) is 0.300. The van der Waals surface area contributed by atoms with Crippen LogP contribution >= 0.6 is 22.9 Å². The average Bonchev–Trinajstić information content (AvgIpc) is 3.53. The molecule has 0 unspecified atom stereocenters. The van der Waals surface area contributed by atoms with Crippen LogP contribution in [0.1, 0.15) is 16.1 Å². The number of thiazole rings is 1. The average molecular weight is 488 g/mol. The first-order valence-electron chi connectivity index (χ1n) is 10.4. The molecule has 1 amide bonds. The predicted octanol–water partition coefficient (Wildman–Crippen LogP) is 5.11. The lowest BCUT2D eigenvalue weighted by atomic mass is 10.2. The molecule has 0 radical (unpaired) electrons. The number of halogens is 1. The van der Waals surface area contributed by atoms with Crippen LogP contribution in [-0.2, 0) is 6.54 Å². The third-order valence-corrected chi connectivity index (χ3v) is 6.39. The van der Waals surface area contributed by atoms with E-state index in [1.54, 1.807) is 34.6 Å². The number of amides is 1. The smallest absolute Gasteiger partial charge is 0.275 e. The molecule has 0 saturated carbocycles. The van der Waals surface area contributed by atoms with Crippen molar-refractivity contribution in [1.82, 2.24) is 19.3 Å². The van der Waals surface area contributed by atoms with Crippen molar-refractivity contribution in [3.05, 3.63) is 117 Å². The summed E-state index contributed by atoms with van der Waals surface area (Å²) in [5.41, 5.74) is 3.16. The van der Waals surface area contributed by atoms with Crippen LogP contribution in [0.5, 0.6) is 0 Å². The maximum absolute atomic E-state index is 12.8. The highest BCUT2D eigenvalue weighted by Crippen LogP contribution is 2.25. The third-order valence-electron chi connectivity index (χ3n) is 5.13. The molecule has 0 aliphatic rings. The summed E-state index contributed by atoms with van der Waals surface area (Å²) in [7, 11) is 0. The number of nitrogens with zero attached hydrogens (tertiary/aromatic N) is 4. The van der Waals surface area contributed by atoms with Crippen molar-refractivity contribution in [2.24, 2.45) is 0 Å². The fourth-order valence-corrected chi connectivity index (χ4v) is 4.37. The van der Waals surface area contributed by atoms with Gasteiger partial charge in [0.2, 0.25) is 0 Å². The Morgan fingerprint density at radius 2 is 1.79 bits per heavy atom. The Balaban J connectivity index is 1.32. The fourth-order valence-electron chi connectivity index (χ4n) is 3.40. The van der Waals surface area contributed by atoms with E-state index < -0.39 is 0 Å². The van der Waals surface area contributed by atoms with E-state index in [0.29, 0.717) is 22.3 Å². The number of hydrogen-bond donors (Lipinski definition) is 1. The van der Waals surface area contributed by atoms with Gasteiger partial charge in [-0.3, -0.25) is 9.59 Å². The molecule has 3 heterocycles. The zero-order valence-corrected chi connectivity index (χ0v) is 19.3. The largest absolute Gasteiger partial charge is 0.319 e. The minimum atomic E-state index is -0.360. The molecule has 0 fully saturated rings. The van der Waals surface area contributed by atoms with Crippen molar-refractivity contribution in [1.29, 1.82) is 0 Å². The molecule has 5 rings (SSSR count). The van der Waals surface area contributed by atoms with Gasteiger partial charge in [0, 0.05) is 34.4 Å². The van der Waals surface area contributed by atoms with E-state index in [0.717, 1.165) is 16.8 Å². The number of carbonyl (C=O) groups is 1. The lowest BCUT2D eigenvalue weighted by Crippen LogP contribution is -2.21. The summed E-state index contributed by atoms with van der Waals surface area (Å²) >= 11 is 7.59. The summed E-state index contributed by atoms with van der Waals surface area (Å²) < 4.78 is 3.26. The van der Waals surface area contributed by atoms with Crippen LogP contribution in [0.2, 0.25) is 5.02 Å². The predicted molar refractivity (Wildman–Crippen MR) is 134 cm³/mol. The van der Waals surface area contributed by atoms with Gasteiger partial charge in [-0.2, -0.15) is 5.10 Å². The number of pyridine rings is 1. The quantitative estimate of drug-likeness (QED) is 0.361. The van der Waals surface area contributed by atoms with E-state index in [2.05, 4.69) is 15.4 Å². The summed E-state index contributed by atoms with van der Waals surface area (Å²) in [5.74, 6) is -0.360. The summed E-state index contributed by atoms with van der Waals surface area (Å²) in [6, 6.07) is 20.1. The fraction of sp³-hybridized carbons (Fsp3) is 0.0400. The molecule has 5 aromatic rings. The molecule has 7 nitrogen and oxygen atoms in total. The number of para-hydroxylation sites is 1. The van der Waals surface area contributed by atoms with Gasteiger partial charge in [-0.05, 0) is 29.8 Å². The highest BCUT2D eigenvalue weighted by atomic mass is 35.5. The highest BCUT2D eigenvalue weighted by molar-refractivity contribution is 7.13. The number of aromatic nitrogens is 4. The molecule has 1 N–H and O–H groups in total. The third kappa shape index (κ3) is 4.68. The number of nitrogens with one attached hydrogen (secondary N) is 1. The van der Waals surface area contributed by atoms with Crippen LogP contribution in [0.15, 0.2) is 95.5 Å². The number of carbonyl (C=O) groups excluding carboxylic acids is 1. The number of hydrogen-bond acceptors (Lipinski definition) is 5. The van der Waals surface area contributed by atoms with E-state index in [-0.39, 0.29) is 17.2 Å². The van der Waals surface area contributed by atoms with Gasteiger partial charge in [0.05, 0.1) is 24.1 Å². The van der Waals surface area contributed by atoms with E-state index in [1.165, 1.54) is 22.0 Å². The number of benzene rings is 2.